The predicted molar refractivity (Wildman–Crippen MR) is 66.8 cm³/mol. The fourth-order valence-electron chi connectivity index (χ4n) is 2.36. The molecule has 2 unspecified atom stereocenters. The Balaban J connectivity index is 2.08. The van der Waals surface area contributed by atoms with Gasteiger partial charge in [0.1, 0.15) is 0 Å². The van der Waals surface area contributed by atoms with E-state index in [9.17, 15) is 4.79 Å². The maximum absolute atomic E-state index is 10.9. The molecule has 4 nitrogen and oxygen atoms in total. The Hall–Kier alpha value is -2.10. The molecule has 0 spiro atoms. The first-order valence-electron chi connectivity index (χ1n) is 5.87. The molecule has 0 saturated heterocycles. The maximum atomic E-state index is 10.9. The molecule has 0 radical (unpaired) electrons. The second-order valence-corrected chi connectivity index (χ2v) is 4.57. The number of hydrogen-bond donors (Lipinski definition) is 1. The zero-order valence-corrected chi connectivity index (χ0v) is 9.96. The molecule has 1 heterocycles. The highest BCUT2D eigenvalue weighted by molar-refractivity contribution is 5.82. The van der Waals surface area contributed by atoms with Crippen molar-refractivity contribution in [1.82, 2.24) is 4.98 Å². The lowest BCUT2D eigenvalue weighted by Crippen LogP contribution is -2.01. The van der Waals surface area contributed by atoms with Crippen molar-refractivity contribution in [3.05, 3.63) is 35.9 Å². The minimum absolute atomic E-state index is 0.0366. The topological polar surface area (TPSA) is 59.4 Å². The van der Waals surface area contributed by atoms with Gasteiger partial charge in [0.15, 0.2) is 0 Å². The normalized spacial score (nSPS) is 21.8. The van der Waals surface area contributed by atoms with Crippen LogP contribution in [0.25, 0.3) is 10.9 Å². The Morgan fingerprint density at radius 2 is 2.22 bits per heavy atom. The summed E-state index contributed by atoms with van der Waals surface area (Å²) in [5.74, 6) is -0.450. The molecule has 92 valence electrons. The van der Waals surface area contributed by atoms with Gasteiger partial charge in [-0.1, -0.05) is 18.2 Å². The van der Waals surface area contributed by atoms with Crippen molar-refractivity contribution in [2.75, 3.05) is 7.11 Å². The molecule has 1 fully saturated rings. The first-order chi connectivity index (χ1) is 8.70. The quantitative estimate of drug-likeness (QED) is 0.899. The lowest BCUT2D eigenvalue weighted by atomic mass is 10.1. The van der Waals surface area contributed by atoms with Crippen molar-refractivity contribution in [3.63, 3.8) is 0 Å². The number of ether oxygens (including phenoxy) is 1. The molecule has 1 aliphatic rings. The molecule has 0 aliphatic heterocycles. The molecular weight excluding hydrogens is 230 g/mol. The lowest BCUT2D eigenvalue weighted by Gasteiger charge is -2.08. The summed E-state index contributed by atoms with van der Waals surface area (Å²) >= 11 is 0. The number of hydrogen-bond acceptors (Lipinski definition) is 3. The zero-order chi connectivity index (χ0) is 12.7. The van der Waals surface area contributed by atoms with Crippen molar-refractivity contribution < 1.29 is 14.6 Å². The van der Waals surface area contributed by atoms with Crippen LogP contribution in [0.5, 0.6) is 5.88 Å². The third-order valence-corrected chi connectivity index (χ3v) is 3.42. The van der Waals surface area contributed by atoms with E-state index < -0.39 is 5.97 Å². The minimum atomic E-state index is -0.741. The van der Waals surface area contributed by atoms with Crippen LogP contribution < -0.4 is 4.74 Å². The summed E-state index contributed by atoms with van der Waals surface area (Å²) in [6, 6.07) is 9.76. The van der Waals surface area contributed by atoms with E-state index in [1.54, 1.807) is 7.11 Å². The van der Waals surface area contributed by atoms with Crippen molar-refractivity contribution in [2.45, 2.75) is 12.3 Å². The van der Waals surface area contributed by atoms with Gasteiger partial charge in [-0.3, -0.25) is 4.79 Å². The number of carboxylic acids is 1. The Morgan fingerprint density at radius 1 is 1.44 bits per heavy atom. The number of carbonyl (C=O) groups is 1. The zero-order valence-electron chi connectivity index (χ0n) is 9.96. The molecular formula is C14H13NO3. The number of pyridine rings is 1. The number of aliphatic carboxylic acids is 1. The highest BCUT2D eigenvalue weighted by atomic mass is 16.5. The largest absolute Gasteiger partial charge is 0.481 e. The Labute approximate surface area is 104 Å². The van der Waals surface area contributed by atoms with Gasteiger partial charge in [0, 0.05) is 16.9 Å². The first-order valence-corrected chi connectivity index (χ1v) is 5.87. The summed E-state index contributed by atoms with van der Waals surface area (Å²) in [5, 5.41) is 10.0. The molecule has 3 rings (SSSR count). The van der Waals surface area contributed by atoms with Crippen LogP contribution in [0.1, 0.15) is 17.9 Å². The minimum Gasteiger partial charge on any atom is -0.481 e. The monoisotopic (exact) mass is 243 g/mol. The second kappa shape index (κ2) is 3.98. The number of para-hydroxylation sites is 1. The number of benzene rings is 1. The van der Waals surface area contributed by atoms with Gasteiger partial charge >= 0.3 is 5.97 Å². The van der Waals surface area contributed by atoms with Gasteiger partial charge in [-0.2, -0.15) is 0 Å². The highest BCUT2D eigenvalue weighted by Gasteiger charge is 2.46. The van der Waals surface area contributed by atoms with Crippen LogP contribution in [0.3, 0.4) is 0 Å². The Morgan fingerprint density at radius 3 is 2.89 bits per heavy atom. The third-order valence-electron chi connectivity index (χ3n) is 3.42. The van der Waals surface area contributed by atoms with E-state index in [-0.39, 0.29) is 11.8 Å². The molecule has 1 aromatic heterocycles. The van der Waals surface area contributed by atoms with E-state index in [1.807, 2.05) is 30.3 Å². The van der Waals surface area contributed by atoms with Gasteiger partial charge in [-0.05, 0) is 18.6 Å². The second-order valence-electron chi connectivity index (χ2n) is 4.57. The number of rotatable bonds is 3. The van der Waals surface area contributed by atoms with E-state index in [1.165, 1.54) is 0 Å². The third kappa shape index (κ3) is 1.70. The summed E-state index contributed by atoms with van der Waals surface area (Å²) in [4.78, 5) is 15.4. The number of methoxy groups -OCH3 is 1. The summed E-state index contributed by atoms with van der Waals surface area (Å²) in [6.45, 7) is 0. The van der Waals surface area contributed by atoms with E-state index in [0.29, 0.717) is 12.3 Å². The highest BCUT2D eigenvalue weighted by Crippen LogP contribution is 2.50. The SMILES string of the molecule is COc1nc2ccccc2cc1C1CC1C(=O)O. The molecule has 18 heavy (non-hydrogen) atoms. The number of nitrogens with zero attached hydrogens (tertiary/aromatic N) is 1. The van der Waals surface area contributed by atoms with Crippen LogP contribution in [0.15, 0.2) is 30.3 Å². The summed E-state index contributed by atoms with van der Waals surface area (Å²) in [7, 11) is 1.57. The fraction of sp³-hybridized carbons (Fsp3) is 0.286. The van der Waals surface area contributed by atoms with Crippen LogP contribution in [0.2, 0.25) is 0 Å². The molecule has 1 aromatic carbocycles. The summed E-state index contributed by atoms with van der Waals surface area (Å²) in [6.07, 6.45) is 0.672. The van der Waals surface area contributed by atoms with E-state index in [0.717, 1.165) is 16.5 Å². The number of carboxylic acid groups (broad SMARTS) is 1. The Kier molecular flexibility index (Phi) is 2.44. The molecule has 1 N–H and O–H groups in total. The molecule has 4 heteroatoms. The van der Waals surface area contributed by atoms with Crippen LogP contribution in [0, 0.1) is 5.92 Å². The van der Waals surface area contributed by atoms with Crippen molar-refractivity contribution >= 4 is 16.9 Å². The average molecular weight is 243 g/mol. The van der Waals surface area contributed by atoms with Crippen molar-refractivity contribution in [3.8, 4) is 5.88 Å². The van der Waals surface area contributed by atoms with Crippen LogP contribution >= 0.6 is 0 Å². The van der Waals surface area contributed by atoms with Gasteiger partial charge in [-0.15, -0.1) is 0 Å². The maximum Gasteiger partial charge on any atom is 0.307 e. The van der Waals surface area contributed by atoms with Crippen LogP contribution in [-0.4, -0.2) is 23.2 Å². The average Bonchev–Trinajstić information content (AvgIpc) is 3.17. The predicted octanol–water partition coefficient (Wildman–Crippen LogP) is 2.43. The molecule has 1 aliphatic carbocycles. The Bertz CT molecular complexity index is 623. The van der Waals surface area contributed by atoms with Gasteiger partial charge in [0.2, 0.25) is 5.88 Å². The number of aromatic nitrogens is 1. The van der Waals surface area contributed by atoms with Gasteiger partial charge in [0.05, 0.1) is 18.5 Å². The number of fused-ring (bicyclic) bond motifs is 1. The smallest absolute Gasteiger partial charge is 0.307 e. The summed E-state index contributed by atoms with van der Waals surface area (Å²) < 4.78 is 5.28. The molecule has 0 amide bonds. The van der Waals surface area contributed by atoms with Crippen LogP contribution in [0.4, 0.5) is 0 Å². The van der Waals surface area contributed by atoms with E-state index in [2.05, 4.69) is 4.98 Å². The van der Waals surface area contributed by atoms with Gasteiger partial charge < -0.3 is 9.84 Å². The fourth-order valence-corrected chi connectivity index (χ4v) is 2.36. The molecule has 2 atom stereocenters. The van der Waals surface area contributed by atoms with E-state index >= 15 is 0 Å². The van der Waals surface area contributed by atoms with Crippen LogP contribution in [-0.2, 0) is 4.79 Å². The van der Waals surface area contributed by atoms with E-state index in [4.69, 9.17) is 9.84 Å². The molecule has 0 bridgehead atoms. The van der Waals surface area contributed by atoms with Gasteiger partial charge in [0.25, 0.3) is 0 Å². The summed E-state index contributed by atoms with van der Waals surface area (Å²) in [5.41, 5.74) is 1.77. The molecule has 2 aromatic rings. The standard InChI is InChI=1S/C14H13NO3/c1-18-13-10(9-7-11(9)14(16)17)6-8-4-2-3-5-12(8)15-13/h2-6,9,11H,7H2,1H3,(H,16,17). The van der Waals surface area contributed by atoms with Crippen molar-refractivity contribution in [1.29, 1.82) is 0 Å². The first kappa shape index (κ1) is 11.0. The van der Waals surface area contributed by atoms with Crippen molar-refractivity contribution in [2.24, 2.45) is 5.92 Å². The molecule has 1 saturated carbocycles. The lowest BCUT2D eigenvalue weighted by molar-refractivity contribution is -0.138. The van der Waals surface area contributed by atoms with Gasteiger partial charge in [-0.25, -0.2) is 4.98 Å².